The average Bonchev–Trinajstić information content (AvgIpc) is 2.48. The Labute approximate surface area is 144 Å². The molecule has 0 bridgehead atoms. The number of benzene rings is 1. The summed E-state index contributed by atoms with van der Waals surface area (Å²) in [5, 5.41) is 13.1. The molecule has 0 atom stereocenters. The Balaban J connectivity index is 2.08. The maximum Gasteiger partial charge on any atom is 0.234 e. The molecule has 1 aromatic heterocycles. The molecule has 23 heavy (non-hydrogen) atoms. The van der Waals surface area contributed by atoms with Crippen LogP contribution in [0.2, 0.25) is 5.02 Å². The standard InChI is InChI=1S/C16H15ClN4OS/c1-9-4-5-12(17)6-14(9)21-15(22)8-23-16-13(7-18)10(2)19-11(3)20-16/h4-6H,8H2,1-3H3,(H,21,22). The van der Waals surface area contributed by atoms with E-state index in [1.54, 1.807) is 26.0 Å². The van der Waals surface area contributed by atoms with Gasteiger partial charge in [0, 0.05) is 10.7 Å². The maximum absolute atomic E-state index is 12.1. The third-order valence-corrected chi connectivity index (χ3v) is 4.30. The number of hydrogen-bond acceptors (Lipinski definition) is 5. The number of anilines is 1. The van der Waals surface area contributed by atoms with Gasteiger partial charge in [0.2, 0.25) is 5.91 Å². The number of halogens is 1. The molecule has 7 heteroatoms. The number of nitrogens with zero attached hydrogens (tertiary/aromatic N) is 3. The van der Waals surface area contributed by atoms with Crippen molar-refractivity contribution in [2.24, 2.45) is 0 Å². The summed E-state index contributed by atoms with van der Waals surface area (Å²) < 4.78 is 0. The van der Waals surface area contributed by atoms with E-state index in [-0.39, 0.29) is 11.7 Å². The fraction of sp³-hybridized carbons (Fsp3) is 0.250. The third kappa shape index (κ3) is 4.44. The van der Waals surface area contributed by atoms with Crippen LogP contribution in [0.4, 0.5) is 5.69 Å². The summed E-state index contributed by atoms with van der Waals surface area (Å²) in [7, 11) is 0. The van der Waals surface area contributed by atoms with Crippen LogP contribution in [0.3, 0.4) is 0 Å². The minimum Gasteiger partial charge on any atom is -0.325 e. The highest BCUT2D eigenvalue weighted by atomic mass is 35.5. The lowest BCUT2D eigenvalue weighted by Crippen LogP contribution is -2.15. The monoisotopic (exact) mass is 346 g/mol. The van der Waals surface area contributed by atoms with Crippen LogP contribution in [0.5, 0.6) is 0 Å². The van der Waals surface area contributed by atoms with Crippen molar-refractivity contribution in [3.05, 3.63) is 45.9 Å². The van der Waals surface area contributed by atoms with Crippen molar-refractivity contribution < 1.29 is 4.79 Å². The van der Waals surface area contributed by atoms with Gasteiger partial charge < -0.3 is 5.32 Å². The van der Waals surface area contributed by atoms with E-state index in [0.717, 1.165) is 5.56 Å². The van der Waals surface area contributed by atoms with E-state index in [9.17, 15) is 10.1 Å². The first-order valence-corrected chi connectivity index (χ1v) is 8.21. The summed E-state index contributed by atoms with van der Waals surface area (Å²) in [5.74, 6) is 0.546. The number of thioether (sulfide) groups is 1. The molecule has 0 saturated heterocycles. The summed E-state index contributed by atoms with van der Waals surface area (Å²) in [6.07, 6.45) is 0. The van der Waals surface area contributed by atoms with Crippen molar-refractivity contribution >= 4 is 35.0 Å². The van der Waals surface area contributed by atoms with E-state index in [2.05, 4.69) is 21.4 Å². The minimum absolute atomic E-state index is 0.149. The second-order valence-electron chi connectivity index (χ2n) is 4.94. The molecule has 0 aliphatic rings. The number of nitriles is 1. The first-order valence-electron chi connectivity index (χ1n) is 6.85. The molecule has 1 aromatic carbocycles. The molecule has 5 nitrogen and oxygen atoms in total. The van der Waals surface area contributed by atoms with Crippen LogP contribution in [-0.2, 0) is 4.79 Å². The number of aryl methyl sites for hydroxylation is 3. The van der Waals surface area contributed by atoms with Crippen LogP contribution in [0, 0.1) is 32.1 Å². The van der Waals surface area contributed by atoms with E-state index in [1.807, 2.05) is 13.0 Å². The Bertz CT molecular complexity index is 801. The summed E-state index contributed by atoms with van der Waals surface area (Å²) >= 11 is 7.16. The highest BCUT2D eigenvalue weighted by Crippen LogP contribution is 2.24. The molecule has 1 amide bonds. The van der Waals surface area contributed by atoms with Gasteiger partial charge in [-0.3, -0.25) is 4.79 Å². The topological polar surface area (TPSA) is 78.7 Å². The van der Waals surface area contributed by atoms with Gasteiger partial charge in [-0.25, -0.2) is 9.97 Å². The van der Waals surface area contributed by atoms with Gasteiger partial charge in [0.25, 0.3) is 0 Å². The summed E-state index contributed by atoms with van der Waals surface area (Å²) in [6.45, 7) is 5.41. The molecule has 0 unspecified atom stereocenters. The molecule has 0 aliphatic carbocycles. The number of carbonyl (C=O) groups excluding carboxylic acids is 1. The molecule has 1 N–H and O–H groups in total. The Morgan fingerprint density at radius 3 is 2.78 bits per heavy atom. The van der Waals surface area contributed by atoms with Gasteiger partial charge >= 0.3 is 0 Å². The van der Waals surface area contributed by atoms with E-state index < -0.39 is 0 Å². The van der Waals surface area contributed by atoms with Gasteiger partial charge in [0.1, 0.15) is 22.5 Å². The summed E-state index contributed by atoms with van der Waals surface area (Å²) in [4.78, 5) is 20.5. The zero-order valence-corrected chi connectivity index (χ0v) is 14.5. The van der Waals surface area contributed by atoms with Crippen LogP contribution >= 0.6 is 23.4 Å². The molecular formula is C16H15ClN4OS. The van der Waals surface area contributed by atoms with Crippen LogP contribution in [0.1, 0.15) is 22.6 Å². The number of aromatic nitrogens is 2. The van der Waals surface area contributed by atoms with Gasteiger partial charge in [0.15, 0.2) is 0 Å². The molecule has 1 heterocycles. The Kier molecular flexibility index (Phi) is 5.59. The fourth-order valence-electron chi connectivity index (χ4n) is 1.96. The lowest BCUT2D eigenvalue weighted by atomic mass is 10.2. The Morgan fingerprint density at radius 2 is 2.09 bits per heavy atom. The molecule has 118 valence electrons. The highest BCUT2D eigenvalue weighted by molar-refractivity contribution is 8.00. The second-order valence-corrected chi connectivity index (χ2v) is 6.34. The lowest BCUT2D eigenvalue weighted by Gasteiger charge is -2.09. The van der Waals surface area contributed by atoms with Crippen LogP contribution < -0.4 is 5.32 Å². The molecule has 0 aliphatic heterocycles. The average molecular weight is 347 g/mol. The molecule has 2 aromatic rings. The molecular weight excluding hydrogens is 332 g/mol. The first-order chi connectivity index (χ1) is 10.9. The van der Waals surface area contributed by atoms with E-state index in [0.29, 0.717) is 32.8 Å². The van der Waals surface area contributed by atoms with Crippen LogP contribution in [0.25, 0.3) is 0 Å². The molecule has 2 rings (SSSR count). The third-order valence-electron chi connectivity index (χ3n) is 3.09. The SMILES string of the molecule is Cc1nc(C)c(C#N)c(SCC(=O)Nc2cc(Cl)ccc2C)n1. The van der Waals surface area contributed by atoms with Crippen LogP contribution in [0.15, 0.2) is 23.2 Å². The molecule has 0 fully saturated rings. The number of carbonyl (C=O) groups is 1. The maximum atomic E-state index is 12.1. The normalized spacial score (nSPS) is 10.2. The van der Waals surface area contributed by atoms with Crippen molar-refractivity contribution in [3.63, 3.8) is 0 Å². The highest BCUT2D eigenvalue weighted by Gasteiger charge is 2.13. The van der Waals surface area contributed by atoms with Gasteiger partial charge in [-0.1, -0.05) is 29.4 Å². The van der Waals surface area contributed by atoms with E-state index in [1.165, 1.54) is 11.8 Å². The second kappa shape index (κ2) is 7.44. The zero-order valence-electron chi connectivity index (χ0n) is 13.0. The van der Waals surface area contributed by atoms with Crippen molar-refractivity contribution in [1.82, 2.24) is 9.97 Å². The summed E-state index contributed by atoms with van der Waals surface area (Å²) in [6, 6.07) is 7.41. The predicted octanol–water partition coefficient (Wildman–Crippen LogP) is 3.66. The number of nitrogens with one attached hydrogen (secondary N) is 1. The number of hydrogen-bond donors (Lipinski definition) is 1. The smallest absolute Gasteiger partial charge is 0.234 e. The number of amides is 1. The van der Waals surface area contributed by atoms with Gasteiger partial charge in [-0.05, 0) is 38.5 Å². The zero-order chi connectivity index (χ0) is 17.0. The van der Waals surface area contributed by atoms with Gasteiger partial charge in [-0.15, -0.1) is 0 Å². The molecule has 0 saturated carbocycles. The van der Waals surface area contributed by atoms with Crippen molar-refractivity contribution in [1.29, 1.82) is 5.26 Å². The van der Waals surface area contributed by atoms with Gasteiger partial charge in [-0.2, -0.15) is 5.26 Å². The minimum atomic E-state index is -0.182. The molecule has 0 spiro atoms. The fourth-order valence-corrected chi connectivity index (χ4v) is 3.01. The van der Waals surface area contributed by atoms with Crippen molar-refractivity contribution in [3.8, 4) is 6.07 Å². The van der Waals surface area contributed by atoms with E-state index in [4.69, 9.17) is 11.6 Å². The summed E-state index contributed by atoms with van der Waals surface area (Å²) in [5.41, 5.74) is 2.64. The largest absolute Gasteiger partial charge is 0.325 e. The van der Waals surface area contributed by atoms with E-state index >= 15 is 0 Å². The Morgan fingerprint density at radius 1 is 1.35 bits per heavy atom. The first kappa shape index (κ1) is 17.3. The molecule has 0 radical (unpaired) electrons. The van der Waals surface area contributed by atoms with Crippen molar-refractivity contribution in [2.45, 2.75) is 25.8 Å². The number of rotatable bonds is 4. The quantitative estimate of drug-likeness (QED) is 0.675. The van der Waals surface area contributed by atoms with Gasteiger partial charge in [0.05, 0.1) is 11.4 Å². The van der Waals surface area contributed by atoms with Crippen molar-refractivity contribution in [2.75, 3.05) is 11.1 Å². The van der Waals surface area contributed by atoms with Crippen LogP contribution in [-0.4, -0.2) is 21.6 Å². The lowest BCUT2D eigenvalue weighted by molar-refractivity contribution is -0.113. The Hall–Kier alpha value is -2.10. The predicted molar refractivity (Wildman–Crippen MR) is 91.8 cm³/mol.